The number of halogens is 5. The summed E-state index contributed by atoms with van der Waals surface area (Å²) in [7, 11) is 0. The standard InChI is InChI=1S/C19H19Br5O2/c1-2-3-12-25-18(22,17(20)21)19(23,24)26-16-11-7-10-15(13-16)14-8-5-4-6-9-14/h4-11,13,17H,2-3,12H2,1H3. The Kier molecular flexibility index (Phi) is 9.15. The quantitative estimate of drug-likeness (QED) is 0.197. The highest BCUT2D eigenvalue weighted by Crippen LogP contribution is 2.52. The number of benzene rings is 2. The molecular formula is C19H19Br5O2. The molecule has 142 valence electrons. The van der Waals surface area contributed by atoms with Crippen LogP contribution < -0.4 is 4.74 Å². The van der Waals surface area contributed by atoms with Gasteiger partial charge in [-0.1, -0.05) is 87.7 Å². The molecule has 0 aromatic heterocycles. The van der Waals surface area contributed by atoms with Crippen molar-refractivity contribution in [1.29, 1.82) is 0 Å². The van der Waals surface area contributed by atoms with Gasteiger partial charge in [0.15, 0.2) is 0 Å². The lowest BCUT2D eigenvalue weighted by Crippen LogP contribution is -2.51. The average molecular weight is 679 g/mol. The van der Waals surface area contributed by atoms with Crippen molar-refractivity contribution in [3.8, 4) is 16.9 Å². The summed E-state index contributed by atoms with van der Waals surface area (Å²) in [4.78, 5) is 0. The molecular weight excluding hydrogens is 660 g/mol. The van der Waals surface area contributed by atoms with E-state index in [0.29, 0.717) is 12.4 Å². The molecule has 0 aliphatic carbocycles. The van der Waals surface area contributed by atoms with Gasteiger partial charge in [-0.05, 0) is 77.5 Å². The second kappa shape index (κ2) is 10.4. The molecule has 0 aliphatic rings. The predicted molar refractivity (Wildman–Crippen MR) is 127 cm³/mol. The molecule has 0 radical (unpaired) electrons. The van der Waals surface area contributed by atoms with Gasteiger partial charge < -0.3 is 9.47 Å². The molecule has 0 bridgehead atoms. The number of hydrogen-bond donors (Lipinski definition) is 0. The SMILES string of the molecule is CCCCOC(Br)(C(Br)Br)C(Br)(Br)Oc1cccc(-c2ccccc2)c1. The first-order valence-corrected chi connectivity index (χ1v) is 12.3. The summed E-state index contributed by atoms with van der Waals surface area (Å²) < 4.78 is 10.2. The Morgan fingerprint density at radius 1 is 0.923 bits per heavy atom. The minimum atomic E-state index is -1.01. The molecule has 0 amide bonds. The third kappa shape index (κ3) is 5.80. The van der Waals surface area contributed by atoms with E-state index < -0.39 is 7.93 Å². The zero-order chi connectivity index (χ0) is 19.2. The maximum Gasteiger partial charge on any atom is 0.258 e. The first kappa shape index (κ1) is 22.9. The Hall–Kier alpha value is 0.600. The normalized spacial score (nSPS) is 14.3. The first-order chi connectivity index (χ1) is 12.3. The summed E-state index contributed by atoms with van der Waals surface area (Å²) in [6.45, 7) is 2.72. The average Bonchev–Trinajstić information content (AvgIpc) is 2.62. The molecule has 0 heterocycles. The molecule has 0 N–H and O–H groups in total. The molecule has 2 rings (SSSR count). The zero-order valence-electron chi connectivity index (χ0n) is 14.1. The zero-order valence-corrected chi connectivity index (χ0v) is 22.0. The maximum absolute atomic E-state index is 6.22. The van der Waals surface area contributed by atoms with Crippen LogP contribution in [0.5, 0.6) is 5.75 Å². The van der Waals surface area contributed by atoms with E-state index in [1.807, 2.05) is 36.4 Å². The number of hydrogen-bond acceptors (Lipinski definition) is 2. The lowest BCUT2D eigenvalue weighted by molar-refractivity contribution is -0.0101. The van der Waals surface area contributed by atoms with Crippen LogP contribution in [0.1, 0.15) is 19.8 Å². The van der Waals surface area contributed by atoms with E-state index in [4.69, 9.17) is 9.47 Å². The fourth-order valence-corrected chi connectivity index (χ4v) is 5.67. The molecule has 7 heteroatoms. The Morgan fingerprint density at radius 3 is 2.19 bits per heavy atom. The van der Waals surface area contributed by atoms with E-state index >= 15 is 0 Å². The smallest absolute Gasteiger partial charge is 0.258 e. The molecule has 0 saturated heterocycles. The van der Waals surface area contributed by atoms with Crippen LogP contribution in [0.4, 0.5) is 0 Å². The van der Waals surface area contributed by atoms with Crippen molar-refractivity contribution in [2.24, 2.45) is 0 Å². The summed E-state index contributed by atoms with van der Waals surface area (Å²) in [5.74, 6) is 0.712. The molecule has 2 aromatic carbocycles. The van der Waals surface area contributed by atoms with Gasteiger partial charge in [0, 0.05) is 6.61 Å². The van der Waals surface area contributed by atoms with E-state index in [2.05, 4.69) is 105 Å². The highest BCUT2D eigenvalue weighted by atomic mass is 79.9. The van der Waals surface area contributed by atoms with Crippen molar-refractivity contribution >= 4 is 79.6 Å². The lowest BCUT2D eigenvalue weighted by atomic mass is 10.1. The number of alkyl halides is 5. The van der Waals surface area contributed by atoms with Crippen molar-refractivity contribution in [3.63, 3.8) is 0 Å². The Balaban J connectivity index is 2.24. The molecule has 2 aromatic rings. The highest BCUT2D eigenvalue weighted by Gasteiger charge is 2.54. The first-order valence-electron chi connectivity index (χ1n) is 8.13. The predicted octanol–water partition coefficient (Wildman–Crippen LogP) is 8.20. The molecule has 1 atom stereocenters. The van der Waals surface area contributed by atoms with Crippen LogP contribution in [0.15, 0.2) is 54.6 Å². The van der Waals surface area contributed by atoms with Crippen molar-refractivity contribution in [1.82, 2.24) is 0 Å². The van der Waals surface area contributed by atoms with Crippen molar-refractivity contribution in [3.05, 3.63) is 54.6 Å². The van der Waals surface area contributed by atoms with Gasteiger partial charge in [0.25, 0.3) is 3.42 Å². The molecule has 1 unspecified atom stereocenters. The largest absolute Gasteiger partial charge is 0.462 e. The lowest BCUT2D eigenvalue weighted by Gasteiger charge is -2.40. The van der Waals surface area contributed by atoms with E-state index in [-0.39, 0.29) is 3.74 Å². The summed E-state index contributed by atoms with van der Waals surface area (Å²) in [6, 6.07) is 18.1. The highest BCUT2D eigenvalue weighted by molar-refractivity contribution is 9.27. The molecule has 2 nitrogen and oxygen atoms in total. The molecule has 26 heavy (non-hydrogen) atoms. The fourth-order valence-electron chi connectivity index (χ4n) is 2.23. The van der Waals surface area contributed by atoms with Gasteiger partial charge in [0.05, 0.1) is 0 Å². The van der Waals surface area contributed by atoms with Gasteiger partial charge in [-0.3, -0.25) is 0 Å². The van der Waals surface area contributed by atoms with Gasteiger partial charge in [0.1, 0.15) is 9.49 Å². The van der Waals surface area contributed by atoms with E-state index in [9.17, 15) is 0 Å². The van der Waals surface area contributed by atoms with Gasteiger partial charge in [0.2, 0.25) is 4.51 Å². The van der Waals surface area contributed by atoms with Gasteiger partial charge in [-0.25, -0.2) is 0 Å². The maximum atomic E-state index is 6.22. The molecule has 0 aliphatic heterocycles. The van der Waals surface area contributed by atoms with Crippen LogP contribution >= 0.6 is 79.6 Å². The monoisotopic (exact) mass is 674 g/mol. The van der Waals surface area contributed by atoms with Gasteiger partial charge in [-0.2, -0.15) is 0 Å². The third-order valence-electron chi connectivity index (χ3n) is 3.67. The van der Waals surface area contributed by atoms with Crippen molar-refractivity contribution in [2.75, 3.05) is 6.61 Å². The second-order valence-corrected chi connectivity index (χ2v) is 13.2. The van der Waals surface area contributed by atoms with Crippen molar-refractivity contribution in [2.45, 2.75) is 31.4 Å². The Morgan fingerprint density at radius 2 is 1.58 bits per heavy atom. The van der Waals surface area contributed by atoms with E-state index in [1.54, 1.807) is 0 Å². The van der Waals surface area contributed by atoms with Crippen LogP contribution in [0.3, 0.4) is 0 Å². The van der Waals surface area contributed by atoms with Crippen LogP contribution in [0, 0.1) is 0 Å². The fraction of sp³-hybridized carbons (Fsp3) is 0.368. The Labute approximate surface area is 197 Å². The summed E-state index contributed by atoms with van der Waals surface area (Å²) in [6.07, 6.45) is 2.01. The summed E-state index contributed by atoms with van der Waals surface area (Å²) >= 11 is 18.1. The van der Waals surface area contributed by atoms with Gasteiger partial charge >= 0.3 is 0 Å². The minimum absolute atomic E-state index is 0.213. The number of unbranched alkanes of at least 4 members (excludes halogenated alkanes) is 1. The number of ether oxygens (including phenoxy) is 2. The molecule has 0 fully saturated rings. The van der Waals surface area contributed by atoms with Crippen LogP contribution in [-0.4, -0.2) is 18.3 Å². The topological polar surface area (TPSA) is 18.5 Å². The third-order valence-corrected chi connectivity index (χ3v) is 10.0. The Bertz CT molecular complexity index is 693. The second-order valence-electron chi connectivity index (χ2n) is 5.66. The molecule has 0 spiro atoms. The van der Waals surface area contributed by atoms with Gasteiger partial charge in [-0.15, -0.1) is 0 Å². The minimum Gasteiger partial charge on any atom is -0.462 e. The van der Waals surface area contributed by atoms with E-state index in [0.717, 1.165) is 24.0 Å². The van der Waals surface area contributed by atoms with Crippen LogP contribution in [0.2, 0.25) is 0 Å². The summed E-state index contributed by atoms with van der Waals surface area (Å²) in [5, 5.41) is 0. The molecule has 0 saturated carbocycles. The van der Waals surface area contributed by atoms with Crippen molar-refractivity contribution < 1.29 is 9.47 Å². The van der Waals surface area contributed by atoms with Crippen LogP contribution in [-0.2, 0) is 4.74 Å². The van der Waals surface area contributed by atoms with E-state index in [1.165, 1.54) is 0 Å². The van der Waals surface area contributed by atoms with Crippen LogP contribution in [0.25, 0.3) is 11.1 Å². The number of rotatable bonds is 9. The summed E-state index contributed by atoms with van der Waals surface area (Å²) in [5.41, 5.74) is 2.22.